The molecule has 0 saturated carbocycles. The van der Waals surface area contributed by atoms with E-state index in [1.165, 1.54) is 0 Å². The number of nitrogens with zero attached hydrogens (tertiary/aromatic N) is 1. The molecule has 0 saturated heterocycles. The Hall–Kier alpha value is -2.95. The molecule has 0 bridgehead atoms. The first-order chi connectivity index (χ1) is 11.1. The van der Waals surface area contributed by atoms with Crippen LogP contribution in [0.15, 0.2) is 65.7 Å². The smallest absolute Gasteiger partial charge is 0.286 e. The molecule has 2 amide bonds. The Morgan fingerprint density at radius 3 is 2.09 bits per heavy atom. The van der Waals surface area contributed by atoms with Crippen LogP contribution in [0, 0.1) is 0 Å². The van der Waals surface area contributed by atoms with Gasteiger partial charge in [0, 0.05) is 13.0 Å². The Morgan fingerprint density at radius 1 is 0.913 bits per heavy atom. The highest BCUT2D eigenvalue weighted by atomic mass is 16.2. The van der Waals surface area contributed by atoms with E-state index in [4.69, 9.17) is 5.73 Å². The van der Waals surface area contributed by atoms with Gasteiger partial charge in [-0.1, -0.05) is 60.7 Å². The Bertz CT molecular complexity index is 682. The van der Waals surface area contributed by atoms with Crippen molar-refractivity contribution < 1.29 is 9.59 Å². The van der Waals surface area contributed by atoms with Crippen LogP contribution >= 0.6 is 0 Å². The van der Waals surface area contributed by atoms with Gasteiger partial charge in [0.1, 0.15) is 0 Å². The third kappa shape index (κ3) is 5.74. The second kappa shape index (κ2) is 8.48. The standard InChI is InChI=1S/C18H19N3O2/c19-17(18(23)20-13-15-9-5-2-6-10-15)21-16(22)12-11-14-7-3-1-4-8-14/h1-10H,11-13H2,(H,20,23)(H2,19,21,22). The van der Waals surface area contributed by atoms with Crippen molar-refractivity contribution in [3.8, 4) is 0 Å². The van der Waals surface area contributed by atoms with Crippen molar-refractivity contribution in [2.75, 3.05) is 0 Å². The highest BCUT2D eigenvalue weighted by Crippen LogP contribution is 2.03. The zero-order valence-electron chi connectivity index (χ0n) is 12.7. The zero-order chi connectivity index (χ0) is 16.5. The van der Waals surface area contributed by atoms with Crippen LogP contribution in [0.5, 0.6) is 0 Å². The maximum atomic E-state index is 11.8. The minimum Gasteiger partial charge on any atom is -0.379 e. The molecule has 2 rings (SSSR count). The summed E-state index contributed by atoms with van der Waals surface area (Å²) in [4.78, 5) is 27.2. The van der Waals surface area contributed by atoms with Crippen molar-refractivity contribution in [3.63, 3.8) is 0 Å². The molecule has 0 unspecified atom stereocenters. The number of benzene rings is 2. The minimum atomic E-state index is -0.540. The maximum absolute atomic E-state index is 11.8. The molecule has 0 heterocycles. The van der Waals surface area contributed by atoms with Crippen LogP contribution in [0.1, 0.15) is 17.5 Å². The van der Waals surface area contributed by atoms with Crippen molar-refractivity contribution in [1.29, 1.82) is 0 Å². The van der Waals surface area contributed by atoms with Crippen molar-refractivity contribution in [2.45, 2.75) is 19.4 Å². The molecular formula is C18H19N3O2. The van der Waals surface area contributed by atoms with E-state index in [9.17, 15) is 9.59 Å². The fourth-order valence-corrected chi connectivity index (χ4v) is 2.01. The summed E-state index contributed by atoms with van der Waals surface area (Å²) < 4.78 is 0. The number of aliphatic imine (C=N–C) groups is 1. The van der Waals surface area contributed by atoms with Gasteiger partial charge in [-0.05, 0) is 17.5 Å². The summed E-state index contributed by atoms with van der Waals surface area (Å²) in [6, 6.07) is 19.0. The highest BCUT2D eigenvalue weighted by Gasteiger charge is 2.09. The van der Waals surface area contributed by atoms with Crippen LogP contribution < -0.4 is 11.1 Å². The molecule has 0 spiro atoms. The zero-order valence-corrected chi connectivity index (χ0v) is 12.7. The minimum absolute atomic E-state index is 0.219. The Kier molecular flexibility index (Phi) is 6.06. The third-order valence-electron chi connectivity index (χ3n) is 3.24. The van der Waals surface area contributed by atoms with Crippen molar-refractivity contribution in [1.82, 2.24) is 5.32 Å². The molecule has 23 heavy (non-hydrogen) atoms. The first-order valence-electron chi connectivity index (χ1n) is 7.38. The van der Waals surface area contributed by atoms with Gasteiger partial charge in [0.05, 0.1) is 0 Å². The first-order valence-corrected chi connectivity index (χ1v) is 7.38. The van der Waals surface area contributed by atoms with E-state index >= 15 is 0 Å². The number of nitrogens with two attached hydrogens (primary N) is 1. The number of amides is 2. The van der Waals surface area contributed by atoms with Gasteiger partial charge < -0.3 is 11.1 Å². The largest absolute Gasteiger partial charge is 0.379 e. The summed E-state index contributed by atoms with van der Waals surface area (Å²) >= 11 is 0. The van der Waals surface area contributed by atoms with E-state index in [0.717, 1.165) is 11.1 Å². The predicted octanol–water partition coefficient (Wildman–Crippen LogP) is 1.82. The molecule has 0 fully saturated rings. The Balaban J connectivity index is 1.80. The Labute approximate surface area is 135 Å². The molecule has 2 aromatic rings. The number of carbonyl (C=O) groups is 2. The lowest BCUT2D eigenvalue weighted by Crippen LogP contribution is -2.36. The number of aryl methyl sites for hydroxylation is 1. The van der Waals surface area contributed by atoms with Gasteiger partial charge in [-0.3, -0.25) is 9.59 Å². The summed E-state index contributed by atoms with van der Waals surface area (Å²) in [5.41, 5.74) is 7.56. The van der Waals surface area contributed by atoms with Gasteiger partial charge in [0.15, 0.2) is 5.84 Å². The number of hydrogen-bond acceptors (Lipinski definition) is 2. The van der Waals surface area contributed by atoms with Gasteiger partial charge in [-0.25, -0.2) is 0 Å². The van der Waals surface area contributed by atoms with E-state index in [1.807, 2.05) is 60.7 Å². The summed E-state index contributed by atoms with van der Waals surface area (Å²) in [5.74, 6) is -1.25. The van der Waals surface area contributed by atoms with E-state index in [-0.39, 0.29) is 12.3 Å². The second-order valence-electron chi connectivity index (χ2n) is 5.04. The second-order valence-corrected chi connectivity index (χ2v) is 5.04. The van der Waals surface area contributed by atoms with Crippen LogP contribution in [0.2, 0.25) is 0 Å². The molecule has 5 heteroatoms. The van der Waals surface area contributed by atoms with E-state index in [2.05, 4.69) is 10.3 Å². The van der Waals surface area contributed by atoms with Crippen molar-refractivity contribution >= 4 is 17.6 Å². The van der Waals surface area contributed by atoms with Crippen molar-refractivity contribution in [3.05, 3.63) is 71.8 Å². The number of nitrogens with one attached hydrogen (secondary N) is 1. The molecule has 5 nitrogen and oxygen atoms in total. The number of rotatable bonds is 5. The quantitative estimate of drug-likeness (QED) is 0.652. The van der Waals surface area contributed by atoms with Crippen LogP contribution in [-0.2, 0) is 22.6 Å². The summed E-state index contributed by atoms with van der Waals surface area (Å²) in [6.45, 7) is 0.341. The van der Waals surface area contributed by atoms with Crippen LogP contribution in [0.3, 0.4) is 0 Å². The predicted molar refractivity (Wildman–Crippen MR) is 89.7 cm³/mol. The molecule has 3 N–H and O–H groups in total. The monoisotopic (exact) mass is 309 g/mol. The molecule has 2 aromatic carbocycles. The Morgan fingerprint density at radius 2 is 1.48 bits per heavy atom. The van der Waals surface area contributed by atoms with E-state index < -0.39 is 11.8 Å². The van der Waals surface area contributed by atoms with Gasteiger partial charge >= 0.3 is 0 Å². The molecule has 0 aliphatic carbocycles. The average molecular weight is 309 g/mol. The average Bonchev–Trinajstić information content (AvgIpc) is 2.59. The van der Waals surface area contributed by atoms with Gasteiger partial charge in [0.2, 0.25) is 5.91 Å². The third-order valence-corrected chi connectivity index (χ3v) is 3.24. The fourth-order valence-electron chi connectivity index (χ4n) is 2.01. The lowest BCUT2D eigenvalue weighted by Gasteiger charge is -2.04. The van der Waals surface area contributed by atoms with Crippen LogP contribution in [0.25, 0.3) is 0 Å². The van der Waals surface area contributed by atoms with Gasteiger partial charge in [-0.2, -0.15) is 4.99 Å². The fraction of sp³-hybridized carbons (Fsp3) is 0.167. The highest BCUT2D eigenvalue weighted by molar-refractivity contribution is 6.38. The van der Waals surface area contributed by atoms with Gasteiger partial charge in [0.25, 0.3) is 5.91 Å². The molecule has 118 valence electrons. The van der Waals surface area contributed by atoms with Crippen LogP contribution in [0.4, 0.5) is 0 Å². The van der Waals surface area contributed by atoms with E-state index in [0.29, 0.717) is 13.0 Å². The summed E-state index contributed by atoms with van der Waals surface area (Å²) in [6.07, 6.45) is 0.790. The summed E-state index contributed by atoms with van der Waals surface area (Å²) in [7, 11) is 0. The number of hydrogen-bond donors (Lipinski definition) is 2. The van der Waals surface area contributed by atoms with Crippen molar-refractivity contribution in [2.24, 2.45) is 10.7 Å². The normalized spacial score (nSPS) is 11.0. The molecule has 0 aromatic heterocycles. The molecular weight excluding hydrogens is 290 g/mol. The SMILES string of the molecule is NC(=NC(=O)CCc1ccccc1)C(=O)NCc1ccccc1. The lowest BCUT2D eigenvalue weighted by atomic mass is 10.1. The number of amidine groups is 1. The first kappa shape index (κ1) is 16.4. The molecule has 0 aliphatic heterocycles. The molecule has 0 radical (unpaired) electrons. The summed E-state index contributed by atoms with van der Waals surface area (Å²) in [5, 5.41) is 2.63. The van der Waals surface area contributed by atoms with Gasteiger partial charge in [-0.15, -0.1) is 0 Å². The molecule has 0 aliphatic rings. The molecule has 0 atom stereocenters. The van der Waals surface area contributed by atoms with E-state index in [1.54, 1.807) is 0 Å². The maximum Gasteiger partial charge on any atom is 0.286 e. The van der Waals surface area contributed by atoms with Crippen LogP contribution in [-0.4, -0.2) is 17.6 Å². The lowest BCUT2D eigenvalue weighted by molar-refractivity contribution is -0.119. The number of carbonyl (C=O) groups excluding carboxylic acids is 2. The topological polar surface area (TPSA) is 84.5 Å².